The number of nitrogens with zero attached hydrogens (tertiary/aromatic N) is 3. The van der Waals surface area contributed by atoms with Gasteiger partial charge in [-0.3, -0.25) is 9.58 Å². The zero-order chi connectivity index (χ0) is 15.6. The highest BCUT2D eigenvalue weighted by molar-refractivity contribution is 7.88. The monoisotopic (exact) mass is 340 g/mol. The van der Waals surface area contributed by atoms with Crippen LogP contribution in [-0.2, 0) is 29.7 Å². The molecule has 0 bridgehead atoms. The highest BCUT2D eigenvalue weighted by atomic mass is 32.2. The van der Waals surface area contributed by atoms with Crippen LogP contribution in [0, 0.1) is 5.92 Å². The van der Waals surface area contributed by atoms with E-state index in [1.807, 2.05) is 16.9 Å². The topological polar surface area (TPSA) is 67.2 Å². The van der Waals surface area contributed by atoms with Crippen LogP contribution in [0.2, 0.25) is 0 Å². The minimum absolute atomic E-state index is 0.203. The Morgan fingerprint density at radius 3 is 3.00 bits per heavy atom. The standard InChI is InChI=1S/C14H20N4O2S2/c1-22(19,20)16-6-13-8-17(7-12-3-5-21-11-12)10-14-2-4-15-18(14)9-13/h2-5,11,13,16H,6-10H2,1H3. The van der Waals surface area contributed by atoms with Gasteiger partial charge < -0.3 is 0 Å². The van der Waals surface area contributed by atoms with Gasteiger partial charge in [-0.15, -0.1) is 0 Å². The van der Waals surface area contributed by atoms with E-state index in [1.165, 1.54) is 17.5 Å². The summed E-state index contributed by atoms with van der Waals surface area (Å²) >= 11 is 1.70. The van der Waals surface area contributed by atoms with Gasteiger partial charge in [0, 0.05) is 44.8 Å². The van der Waals surface area contributed by atoms with Crippen LogP contribution in [0.25, 0.3) is 0 Å². The van der Waals surface area contributed by atoms with E-state index in [4.69, 9.17) is 0 Å². The predicted octanol–water partition coefficient (Wildman–Crippen LogP) is 1.13. The third-order valence-corrected chi connectivity index (χ3v) is 5.18. The Bertz CT molecular complexity index is 709. The first-order valence-electron chi connectivity index (χ1n) is 7.18. The Morgan fingerprint density at radius 2 is 2.27 bits per heavy atom. The summed E-state index contributed by atoms with van der Waals surface area (Å²) < 4.78 is 27.3. The zero-order valence-corrected chi connectivity index (χ0v) is 14.1. The number of hydrogen-bond donors (Lipinski definition) is 1. The minimum atomic E-state index is -3.16. The molecule has 6 nitrogen and oxygen atoms in total. The number of thiophene rings is 1. The van der Waals surface area contributed by atoms with Crippen molar-refractivity contribution in [1.82, 2.24) is 19.4 Å². The molecule has 0 fully saturated rings. The fourth-order valence-corrected chi connectivity index (χ4v) is 3.98. The van der Waals surface area contributed by atoms with Gasteiger partial charge in [-0.05, 0) is 28.5 Å². The van der Waals surface area contributed by atoms with Crippen LogP contribution in [0.3, 0.4) is 0 Å². The molecule has 22 heavy (non-hydrogen) atoms. The van der Waals surface area contributed by atoms with E-state index in [0.717, 1.165) is 26.2 Å². The third-order valence-electron chi connectivity index (χ3n) is 3.76. The molecule has 0 aliphatic carbocycles. The van der Waals surface area contributed by atoms with Crippen LogP contribution in [0.15, 0.2) is 29.1 Å². The van der Waals surface area contributed by atoms with Crippen LogP contribution < -0.4 is 4.72 Å². The maximum Gasteiger partial charge on any atom is 0.208 e. The molecular formula is C14H20N4O2S2. The SMILES string of the molecule is CS(=O)(=O)NCC1CN(Cc2ccsc2)Cc2ccnn2C1. The largest absolute Gasteiger partial charge is 0.293 e. The Balaban J connectivity index is 1.74. The molecule has 2 aromatic rings. The van der Waals surface area contributed by atoms with Crippen LogP contribution in [-0.4, -0.2) is 42.4 Å². The number of rotatable bonds is 5. The van der Waals surface area contributed by atoms with E-state index >= 15 is 0 Å². The van der Waals surface area contributed by atoms with E-state index in [0.29, 0.717) is 6.54 Å². The van der Waals surface area contributed by atoms with Gasteiger partial charge in [0.15, 0.2) is 0 Å². The van der Waals surface area contributed by atoms with Crippen molar-refractivity contribution in [3.63, 3.8) is 0 Å². The van der Waals surface area contributed by atoms with Crippen LogP contribution in [0.4, 0.5) is 0 Å². The van der Waals surface area contributed by atoms with Gasteiger partial charge in [-0.2, -0.15) is 16.4 Å². The molecule has 120 valence electrons. The summed E-state index contributed by atoms with van der Waals surface area (Å²) in [5.41, 5.74) is 2.48. The Labute approximate surface area is 134 Å². The molecule has 3 rings (SSSR count). The maximum atomic E-state index is 11.3. The Morgan fingerprint density at radius 1 is 1.41 bits per heavy atom. The van der Waals surface area contributed by atoms with E-state index in [1.54, 1.807) is 11.3 Å². The average Bonchev–Trinajstić information content (AvgIpc) is 3.05. The number of fused-ring (bicyclic) bond motifs is 1. The predicted molar refractivity (Wildman–Crippen MR) is 87.0 cm³/mol. The average molecular weight is 340 g/mol. The first kappa shape index (κ1) is 15.7. The maximum absolute atomic E-state index is 11.3. The summed E-state index contributed by atoms with van der Waals surface area (Å²) in [6.07, 6.45) is 3.01. The van der Waals surface area contributed by atoms with Gasteiger partial charge in [-0.25, -0.2) is 13.1 Å². The van der Waals surface area contributed by atoms with Crippen molar-refractivity contribution in [3.05, 3.63) is 40.3 Å². The van der Waals surface area contributed by atoms with Crippen LogP contribution in [0.5, 0.6) is 0 Å². The molecule has 0 spiro atoms. The molecule has 0 saturated carbocycles. The van der Waals surface area contributed by atoms with Gasteiger partial charge in [0.2, 0.25) is 10.0 Å². The number of sulfonamides is 1. The highest BCUT2D eigenvalue weighted by Gasteiger charge is 2.23. The molecule has 1 N–H and O–H groups in total. The van der Waals surface area contributed by atoms with Crippen molar-refractivity contribution in [2.24, 2.45) is 5.92 Å². The fraction of sp³-hybridized carbons (Fsp3) is 0.500. The molecule has 0 saturated heterocycles. The smallest absolute Gasteiger partial charge is 0.208 e. The van der Waals surface area contributed by atoms with Gasteiger partial charge in [0.05, 0.1) is 11.9 Å². The number of aromatic nitrogens is 2. The molecule has 1 unspecified atom stereocenters. The van der Waals surface area contributed by atoms with Gasteiger partial charge in [0.1, 0.15) is 0 Å². The highest BCUT2D eigenvalue weighted by Crippen LogP contribution is 2.19. The fourth-order valence-electron chi connectivity index (χ4n) is 2.78. The second-order valence-corrected chi connectivity index (χ2v) is 8.41. The van der Waals surface area contributed by atoms with E-state index in [2.05, 4.69) is 31.5 Å². The first-order chi connectivity index (χ1) is 10.5. The lowest BCUT2D eigenvalue weighted by Crippen LogP contribution is -2.36. The van der Waals surface area contributed by atoms with Crippen molar-refractivity contribution in [3.8, 4) is 0 Å². The molecule has 1 atom stereocenters. The van der Waals surface area contributed by atoms with Gasteiger partial charge in [0.25, 0.3) is 0 Å². The number of nitrogens with one attached hydrogen (secondary N) is 1. The second kappa shape index (κ2) is 6.49. The first-order valence-corrected chi connectivity index (χ1v) is 10.0. The molecule has 0 aromatic carbocycles. The molecule has 0 radical (unpaired) electrons. The zero-order valence-electron chi connectivity index (χ0n) is 12.5. The van der Waals surface area contributed by atoms with Crippen molar-refractivity contribution in [2.45, 2.75) is 19.6 Å². The van der Waals surface area contributed by atoms with Crippen LogP contribution >= 0.6 is 11.3 Å². The summed E-state index contributed by atoms with van der Waals surface area (Å²) in [5.74, 6) is 0.203. The Kier molecular flexibility index (Phi) is 4.62. The molecule has 0 amide bonds. The van der Waals surface area contributed by atoms with Crippen molar-refractivity contribution >= 4 is 21.4 Å². The molecule has 2 aromatic heterocycles. The van der Waals surface area contributed by atoms with E-state index in [-0.39, 0.29) is 5.92 Å². The lowest BCUT2D eigenvalue weighted by atomic mass is 10.1. The summed E-state index contributed by atoms with van der Waals surface area (Å²) in [6.45, 7) is 3.75. The molecule has 1 aliphatic heterocycles. The molecule has 3 heterocycles. The molecular weight excluding hydrogens is 320 g/mol. The second-order valence-electron chi connectivity index (χ2n) is 5.79. The van der Waals surface area contributed by atoms with E-state index < -0.39 is 10.0 Å². The molecule has 1 aliphatic rings. The van der Waals surface area contributed by atoms with E-state index in [9.17, 15) is 8.42 Å². The number of hydrogen-bond acceptors (Lipinski definition) is 5. The van der Waals surface area contributed by atoms with Crippen molar-refractivity contribution < 1.29 is 8.42 Å². The summed E-state index contributed by atoms with van der Waals surface area (Å²) in [4.78, 5) is 2.36. The lowest BCUT2D eigenvalue weighted by Gasteiger charge is -2.23. The lowest BCUT2D eigenvalue weighted by molar-refractivity contribution is 0.221. The van der Waals surface area contributed by atoms with Gasteiger partial charge in [-0.1, -0.05) is 0 Å². The quantitative estimate of drug-likeness (QED) is 0.886. The van der Waals surface area contributed by atoms with Crippen molar-refractivity contribution in [1.29, 1.82) is 0 Å². The minimum Gasteiger partial charge on any atom is -0.293 e. The third kappa shape index (κ3) is 4.16. The Hall–Kier alpha value is -1.22. The molecule has 8 heteroatoms. The normalized spacial score (nSPS) is 19.8. The van der Waals surface area contributed by atoms with Crippen LogP contribution in [0.1, 0.15) is 11.3 Å². The van der Waals surface area contributed by atoms with Crippen molar-refractivity contribution in [2.75, 3.05) is 19.3 Å². The summed E-state index contributed by atoms with van der Waals surface area (Å²) in [5, 5.41) is 8.60. The summed E-state index contributed by atoms with van der Waals surface area (Å²) in [7, 11) is -3.16. The van der Waals surface area contributed by atoms with Gasteiger partial charge >= 0.3 is 0 Å². The summed E-state index contributed by atoms with van der Waals surface area (Å²) in [6, 6.07) is 4.17.